The van der Waals surface area contributed by atoms with E-state index < -0.39 is 0 Å². The molecule has 0 radical (unpaired) electrons. The fraction of sp³-hybridized carbons (Fsp3) is 0.611. The molecule has 1 unspecified atom stereocenters. The number of nitrogens with zero attached hydrogens (tertiary/aromatic N) is 2. The monoisotopic (exact) mass is 318 g/mol. The first-order chi connectivity index (χ1) is 11.3. The maximum absolute atomic E-state index is 12.6. The van der Waals surface area contributed by atoms with Crippen molar-refractivity contribution in [3.05, 3.63) is 29.8 Å². The molecule has 5 nitrogen and oxygen atoms in total. The molecule has 126 valence electrons. The van der Waals surface area contributed by atoms with Crippen LogP contribution in [-0.2, 0) is 4.74 Å². The van der Waals surface area contributed by atoms with E-state index in [1.807, 2.05) is 29.2 Å². The number of rotatable bonds is 4. The van der Waals surface area contributed by atoms with Crippen LogP contribution in [0.3, 0.4) is 0 Å². The number of hydrogen-bond donors (Lipinski definition) is 0. The van der Waals surface area contributed by atoms with Gasteiger partial charge in [0.15, 0.2) is 0 Å². The fourth-order valence-electron chi connectivity index (χ4n) is 3.31. The average Bonchev–Trinajstić information content (AvgIpc) is 2.63. The smallest absolute Gasteiger partial charge is 0.254 e. The Morgan fingerprint density at radius 1 is 1.26 bits per heavy atom. The number of carbonyl (C=O) groups excluding carboxylic acids is 1. The van der Waals surface area contributed by atoms with Crippen molar-refractivity contribution < 1.29 is 14.3 Å². The summed E-state index contributed by atoms with van der Waals surface area (Å²) in [5.41, 5.74) is 0.702. The summed E-state index contributed by atoms with van der Waals surface area (Å²) in [5, 5.41) is 0. The van der Waals surface area contributed by atoms with Crippen LogP contribution in [0.25, 0.3) is 0 Å². The van der Waals surface area contributed by atoms with E-state index in [9.17, 15) is 4.79 Å². The van der Waals surface area contributed by atoms with Crippen LogP contribution in [0.15, 0.2) is 24.3 Å². The zero-order chi connectivity index (χ0) is 16.1. The van der Waals surface area contributed by atoms with Gasteiger partial charge in [-0.3, -0.25) is 9.69 Å². The summed E-state index contributed by atoms with van der Waals surface area (Å²) in [7, 11) is 1.62. The number of benzene rings is 1. The number of piperazine rings is 1. The first-order valence-electron chi connectivity index (χ1n) is 8.53. The van der Waals surface area contributed by atoms with E-state index >= 15 is 0 Å². The van der Waals surface area contributed by atoms with Gasteiger partial charge in [0.05, 0.1) is 13.2 Å². The summed E-state index contributed by atoms with van der Waals surface area (Å²) >= 11 is 0. The molecule has 0 aliphatic carbocycles. The molecule has 0 bridgehead atoms. The predicted molar refractivity (Wildman–Crippen MR) is 88.9 cm³/mol. The van der Waals surface area contributed by atoms with Gasteiger partial charge in [-0.15, -0.1) is 0 Å². The van der Waals surface area contributed by atoms with Gasteiger partial charge < -0.3 is 14.4 Å². The lowest BCUT2D eigenvalue weighted by molar-refractivity contribution is -0.0130. The van der Waals surface area contributed by atoms with Gasteiger partial charge in [0, 0.05) is 44.9 Å². The number of amides is 1. The van der Waals surface area contributed by atoms with E-state index in [0.29, 0.717) is 11.7 Å². The Labute approximate surface area is 138 Å². The maximum Gasteiger partial charge on any atom is 0.254 e. The Bertz CT molecular complexity index is 521. The van der Waals surface area contributed by atoms with Crippen molar-refractivity contribution in [3.8, 4) is 5.75 Å². The van der Waals surface area contributed by atoms with E-state index in [2.05, 4.69) is 4.90 Å². The van der Waals surface area contributed by atoms with Gasteiger partial charge in [-0.05, 0) is 37.5 Å². The minimum atomic E-state index is 0.0949. The van der Waals surface area contributed by atoms with Crippen molar-refractivity contribution >= 4 is 5.91 Å². The van der Waals surface area contributed by atoms with E-state index in [1.165, 1.54) is 19.3 Å². The molecule has 3 rings (SSSR count). The molecule has 1 atom stereocenters. The normalized spacial score (nSPS) is 22.8. The third kappa shape index (κ3) is 4.24. The lowest BCUT2D eigenvalue weighted by atomic mass is 10.1. The molecule has 0 aromatic heterocycles. The van der Waals surface area contributed by atoms with Crippen LogP contribution in [0.5, 0.6) is 5.75 Å². The Hall–Kier alpha value is -1.59. The zero-order valence-corrected chi connectivity index (χ0v) is 13.9. The van der Waals surface area contributed by atoms with Gasteiger partial charge >= 0.3 is 0 Å². The first-order valence-corrected chi connectivity index (χ1v) is 8.53. The molecule has 2 fully saturated rings. The highest BCUT2D eigenvalue weighted by molar-refractivity contribution is 5.94. The van der Waals surface area contributed by atoms with Gasteiger partial charge in [0.2, 0.25) is 0 Å². The summed E-state index contributed by atoms with van der Waals surface area (Å²) in [4.78, 5) is 17.0. The number of ether oxygens (including phenoxy) is 2. The van der Waals surface area contributed by atoms with E-state index in [-0.39, 0.29) is 5.91 Å². The van der Waals surface area contributed by atoms with Crippen LogP contribution < -0.4 is 4.74 Å². The molecule has 0 N–H and O–H groups in total. The largest absolute Gasteiger partial charge is 0.497 e. The number of carbonyl (C=O) groups is 1. The standard InChI is InChI=1S/C18H26N2O3/c1-22-16-7-4-5-15(13-16)18(21)20-10-8-19(9-11-20)14-17-6-2-3-12-23-17/h4-5,7,13,17H,2-3,6,8-12,14H2,1H3. The molecule has 23 heavy (non-hydrogen) atoms. The van der Waals surface area contributed by atoms with Crippen molar-refractivity contribution in [2.75, 3.05) is 46.4 Å². The molecular formula is C18H26N2O3. The summed E-state index contributed by atoms with van der Waals surface area (Å²) in [6, 6.07) is 7.39. The Morgan fingerprint density at radius 3 is 2.78 bits per heavy atom. The Morgan fingerprint density at radius 2 is 2.09 bits per heavy atom. The summed E-state index contributed by atoms with van der Waals surface area (Å²) in [6.07, 6.45) is 4.02. The van der Waals surface area contributed by atoms with Gasteiger partial charge in [-0.25, -0.2) is 0 Å². The van der Waals surface area contributed by atoms with Crippen molar-refractivity contribution in [3.63, 3.8) is 0 Å². The van der Waals surface area contributed by atoms with Crippen molar-refractivity contribution in [2.45, 2.75) is 25.4 Å². The van der Waals surface area contributed by atoms with Crippen LogP contribution in [-0.4, -0.2) is 68.3 Å². The molecule has 0 spiro atoms. The highest BCUT2D eigenvalue weighted by atomic mass is 16.5. The maximum atomic E-state index is 12.6. The third-order valence-electron chi connectivity index (χ3n) is 4.71. The molecule has 1 aromatic carbocycles. The minimum Gasteiger partial charge on any atom is -0.497 e. The first kappa shape index (κ1) is 16.3. The number of hydrogen-bond acceptors (Lipinski definition) is 4. The zero-order valence-electron chi connectivity index (χ0n) is 13.9. The molecule has 1 amide bonds. The van der Waals surface area contributed by atoms with Crippen LogP contribution in [0.2, 0.25) is 0 Å². The predicted octanol–water partition coefficient (Wildman–Crippen LogP) is 2.02. The Balaban J connectivity index is 1.50. The van der Waals surface area contributed by atoms with Gasteiger partial charge in [0.25, 0.3) is 5.91 Å². The van der Waals surface area contributed by atoms with Crippen molar-refractivity contribution in [2.24, 2.45) is 0 Å². The molecule has 2 aliphatic heterocycles. The lowest BCUT2D eigenvalue weighted by Gasteiger charge is -2.37. The van der Waals surface area contributed by atoms with Gasteiger partial charge in [-0.2, -0.15) is 0 Å². The molecular weight excluding hydrogens is 292 g/mol. The minimum absolute atomic E-state index is 0.0949. The second kappa shape index (κ2) is 7.79. The average molecular weight is 318 g/mol. The van der Waals surface area contributed by atoms with E-state index in [0.717, 1.165) is 45.1 Å². The molecule has 2 aliphatic rings. The van der Waals surface area contributed by atoms with Crippen molar-refractivity contribution in [1.82, 2.24) is 9.80 Å². The van der Waals surface area contributed by atoms with Crippen LogP contribution >= 0.6 is 0 Å². The second-order valence-corrected chi connectivity index (χ2v) is 6.31. The number of methoxy groups -OCH3 is 1. The van der Waals surface area contributed by atoms with Gasteiger partial charge in [0.1, 0.15) is 5.75 Å². The van der Waals surface area contributed by atoms with Crippen LogP contribution in [0, 0.1) is 0 Å². The summed E-state index contributed by atoms with van der Waals surface area (Å²) < 4.78 is 11.0. The summed E-state index contributed by atoms with van der Waals surface area (Å²) in [6.45, 7) is 5.32. The highest BCUT2D eigenvalue weighted by Gasteiger charge is 2.25. The quantitative estimate of drug-likeness (QED) is 0.852. The van der Waals surface area contributed by atoms with Crippen LogP contribution in [0.4, 0.5) is 0 Å². The summed E-state index contributed by atoms with van der Waals surface area (Å²) in [5.74, 6) is 0.821. The van der Waals surface area contributed by atoms with Gasteiger partial charge in [-0.1, -0.05) is 6.07 Å². The molecule has 5 heteroatoms. The fourth-order valence-corrected chi connectivity index (χ4v) is 3.31. The molecule has 2 heterocycles. The molecule has 0 saturated carbocycles. The molecule has 1 aromatic rings. The highest BCUT2D eigenvalue weighted by Crippen LogP contribution is 2.17. The Kier molecular flexibility index (Phi) is 5.51. The van der Waals surface area contributed by atoms with Crippen molar-refractivity contribution in [1.29, 1.82) is 0 Å². The van der Waals surface area contributed by atoms with Crippen LogP contribution in [0.1, 0.15) is 29.6 Å². The lowest BCUT2D eigenvalue weighted by Crippen LogP contribution is -2.50. The SMILES string of the molecule is COc1cccc(C(=O)N2CCN(CC3CCCCO3)CC2)c1. The topological polar surface area (TPSA) is 42.0 Å². The third-order valence-corrected chi connectivity index (χ3v) is 4.71. The van der Waals surface area contributed by atoms with E-state index in [4.69, 9.17) is 9.47 Å². The molecule has 2 saturated heterocycles. The van der Waals surface area contributed by atoms with E-state index in [1.54, 1.807) is 7.11 Å². The second-order valence-electron chi connectivity index (χ2n) is 6.31.